The second-order valence-electron chi connectivity index (χ2n) is 3.30. The number of aromatic nitrogens is 2. The van der Waals surface area contributed by atoms with Gasteiger partial charge in [-0.3, -0.25) is 4.79 Å². The lowest BCUT2D eigenvalue weighted by molar-refractivity contribution is -0.137. The van der Waals surface area contributed by atoms with Gasteiger partial charge in [0.05, 0.1) is 16.1 Å². The lowest BCUT2D eigenvalue weighted by Gasteiger charge is -2.08. The molecule has 2 rings (SSSR count). The fourth-order valence-corrected chi connectivity index (χ4v) is 1.59. The van der Waals surface area contributed by atoms with E-state index in [2.05, 4.69) is 9.97 Å². The number of benzene rings is 1. The van der Waals surface area contributed by atoms with Crippen LogP contribution in [0.2, 0.25) is 5.02 Å². The van der Waals surface area contributed by atoms with E-state index in [0.717, 1.165) is 12.1 Å². The number of H-pyrrole nitrogens is 1. The van der Waals surface area contributed by atoms with E-state index in [1.165, 1.54) is 0 Å². The molecule has 0 unspecified atom stereocenters. The Balaban J connectivity index is 2.83. The predicted molar refractivity (Wildman–Crippen MR) is 56.8 cm³/mol. The van der Waals surface area contributed by atoms with Crippen LogP contribution < -0.4 is 11.3 Å². The highest BCUT2D eigenvalue weighted by molar-refractivity contribution is 6.35. The Morgan fingerprint density at radius 3 is 2.59 bits per heavy atom. The Kier molecular flexibility index (Phi) is 2.50. The van der Waals surface area contributed by atoms with E-state index in [0.29, 0.717) is 0 Å². The van der Waals surface area contributed by atoms with E-state index in [4.69, 9.17) is 17.3 Å². The SMILES string of the molecule is Nc1nc2c(Cl)cc(C(F)(F)F)cc2[nH]c1=O. The van der Waals surface area contributed by atoms with Crippen molar-refractivity contribution in [2.45, 2.75) is 6.18 Å². The maximum atomic E-state index is 12.5. The maximum absolute atomic E-state index is 12.5. The third-order valence-corrected chi connectivity index (χ3v) is 2.39. The molecular weight excluding hydrogens is 259 g/mol. The molecule has 4 nitrogen and oxygen atoms in total. The molecule has 8 heteroatoms. The van der Waals surface area contributed by atoms with Gasteiger partial charge in [0.15, 0.2) is 5.82 Å². The first-order valence-corrected chi connectivity index (χ1v) is 4.73. The number of nitrogens with two attached hydrogens (primary N) is 1. The molecule has 0 aliphatic carbocycles. The molecule has 0 aliphatic rings. The smallest absolute Gasteiger partial charge is 0.379 e. The van der Waals surface area contributed by atoms with Crippen molar-refractivity contribution < 1.29 is 13.2 Å². The zero-order valence-electron chi connectivity index (χ0n) is 8.10. The summed E-state index contributed by atoms with van der Waals surface area (Å²) in [6, 6.07) is 1.49. The fraction of sp³-hybridized carbons (Fsp3) is 0.111. The number of aromatic amines is 1. The molecule has 0 saturated carbocycles. The van der Waals surface area contributed by atoms with Crippen LogP contribution in [0.5, 0.6) is 0 Å². The van der Waals surface area contributed by atoms with Crippen LogP contribution in [0.1, 0.15) is 5.56 Å². The summed E-state index contributed by atoms with van der Waals surface area (Å²) in [6.07, 6.45) is -4.55. The summed E-state index contributed by atoms with van der Waals surface area (Å²) in [7, 11) is 0. The summed E-state index contributed by atoms with van der Waals surface area (Å²) in [5, 5.41) is -0.224. The van der Waals surface area contributed by atoms with Crippen molar-refractivity contribution >= 4 is 28.5 Å². The van der Waals surface area contributed by atoms with Crippen molar-refractivity contribution in [3.05, 3.63) is 33.1 Å². The average molecular weight is 264 g/mol. The molecule has 0 bridgehead atoms. The second kappa shape index (κ2) is 3.63. The van der Waals surface area contributed by atoms with Crippen molar-refractivity contribution in [2.75, 3.05) is 5.73 Å². The van der Waals surface area contributed by atoms with Crippen LogP contribution in [-0.4, -0.2) is 9.97 Å². The zero-order valence-corrected chi connectivity index (χ0v) is 8.86. The van der Waals surface area contributed by atoms with E-state index >= 15 is 0 Å². The van der Waals surface area contributed by atoms with Gasteiger partial charge in [0, 0.05) is 0 Å². The van der Waals surface area contributed by atoms with E-state index in [1.54, 1.807) is 0 Å². The minimum Gasteiger partial charge on any atom is -0.379 e. The van der Waals surface area contributed by atoms with E-state index in [9.17, 15) is 18.0 Å². The Morgan fingerprint density at radius 1 is 1.35 bits per heavy atom. The van der Waals surface area contributed by atoms with Crippen molar-refractivity contribution in [1.82, 2.24) is 9.97 Å². The first kappa shape index (κ1) is 11.7. The minimum absolute atomic E-state index is 0.0248. The van der Waals surface area contributed by atoms with Gasteiger partial charge < -0.3 is 10.7 Å². The Morgan fingerprint density at radius 2 is 2.00 bits per heavy atom. The van der Waals surface area contributed by atoms with Crippen LogP contribution in [0.4, 0.5) is 19.0 Å². The standard InChI is InChI=1S/C9H5ClF3N3O/c10-4-1-3(9(11,12)13)2-5-6(4)16-7(14)8(17)15-5/h1-2H,(H2,14,16)(H,15,17). The van der Waals surface area contributed by atoms with Gasteiger partial charge in [-0.2, -0.15) is 13.2 Å². The summed E-state index contributed by atoms with van der Waals surface area (Å²) < 4.78 is 37.4. The summed E-state index contributed by atoms with van der Waals surface area (Å²) in [5.74, 6) is -0.348. The van der Waals surface area contributed by atoms with E-state index in [1.807, 2.05) is 0 Å². The Labute approximate surface area is 97.2 Å². The van der Waals surface area contributed by atoms with Gasteiger partial charge in [-0.1, -0.05) is 11.6 Å². The highest BCUT2D eigenvalue weighted by Crippen LogP contribution is 2.33. The molecular formula is C9H5ClF3N3O. The number of nitrogens with zero attached hydrogens (tertiary/aromatic N) is 1. The van der Waals surface area contributed by atoms with Gasteiger partial charge in [0.1, 0.15) is 5.52 Å². The molecule has 17 heavy (non-hydrogen) atoms. The summed E-state index contributed by atoms with van der Waals surface area (Å²) >= 11 is 5.65. The van der Waals surface area contributed by atoms with Gasteiger partial charge in [0.25, 0.3) is 5.56 Å². The molecule has 1 aromatic heterocycles. The number of nitrogen functional groups attached to an aromatic ring is 1. The molecule has 1 aromatic carbocycles. The number of hydrogen-bond acceptors (Lipinski definition) is 3. The lowest BCUT2D eigenvalue weighted by Crippen LogP contribution is -2.14. The second-order valence-corrected chi connectivity index (χ2v) is 3.71. The number of rotatable bonds is 0. The van der Waals surface area contributed by atoms with Gasteiger partial charge in [-0.15, -0.1) is 0 Å². The van der Waals surface area contributed by atoms with Crippen LogP contribution >= 0.6 is 11.6 Å². The van der Waals surface area contributed by atoms with Crippen LogP contribution in [0.3, 0.4) is 0 Å². The normalized spacial score (nSPS) is 12.0. The molecule has 0 spiro atoms. The highest BCUT2D eigenvalue weighted by Gasteiger charge is 2.31. The third-order valence-electron chi connectivity index (χ3n) is 2.10. The van der Waals surface area contributed by atoms with Crippen molar-refractivity contribution in [1.29, 1.82) is 0 Å². The molecule has 0 aliphatic heterocycles. The summed E-state index contributed by atoms with van der Waals surface area (Å²) in [6.45, 7) is 0. The van der Waals surface area contributed by atoms with Crippen molar-refractivity contribution in [3.63, 3.8) is 0 Å². The molecule has 0 atom stereocenters. The van der Waals surface area contributed by atoms with Gasteiger partial charge in [0.2, 0.25) is 0 Å². The average Bonchev–Trinajstić information content (AvgIpc) is 2.19. The van der Waals surface area contributed by atoms with E-state index in [-0.39, 0.29) is 21.9 Å². The number of nitrogens with one attached hydrogen (secondary N) is 1. The zero-order chi connectivity index (χ0) is 12.8. The molecule has 0 saturated heterocycles. The fourth-order valence-electron chi connectivity index (χ4n) is 1.33. The quantitative estimate of drug-likeness (QED) is 0.765. The number of hydrogen-bond donors (Lipinski definition) is 2. The van der Waals surface area contributed by atoms with Crippen LogP contribution in [0, 0.1) is 0 Å². The Bertz CT molecular complexity index is 650. The summed E-state index contributed by atoms with van der Waals surface area (Å²) in [4.78, 5) is 17.0. The highest BCUT2D eigenvalue weighted by atomic mass is 35.5. The molecule has 0 amide bonds. The largest absolute Gasteiger partial charge is 0.416 e. The minimum atomic E-state index is -4.55. The van der Waals surface area contributed by atoms with Crippen molar-refractivity contribution in [2.24, 2.45) is 0 Å². The topological polar surface area (TPSA) is 71.8 Å². The number of anilines is 1. The van der Waals surface area contributed by atoms with Gasteiger partial charge >= 0.3 is 6.18 Å². The Hall–Kier alpha value is -1.76. The van der Waals surface area contributed by atoms with Crippen LogP contribution in [-0.2, 0) is 6.18 Å². The van der Waals surface area contributed by atoms with E-state index < -0.39 is 17.3 Å². The molecule has 2 aromatic rings. The molecule has 1 heterocycles. The monoisotopic (exact) mass is 263 g/mol. The van der Waals surface area contributed by atoms with Gasteiger partial charge in [-0.05, 0) is 12.1 Å². The van der Waals surface area contributed by atoms with Crippen LogP contribution in [0.15, 0.2) is 16.9 Å². The van der Waals surface area contributed by atoms with Gasteiger partial charge in [-0.25, -0.2) is 4.98 Å². The third kappa shape index (κ3) is 2.05. The first-order chi connectivity index (χ1) is 7.79. The summed E-state index contributed by atoms with van der Waals surface area (Å²) in [5.41, 5.74) is 3.44. The van der Waals surface area contributed by atoms with Crippen LogP contribution in [0.25, 0.3) is 11.0 Å². The number of alkyl halides is 3. The lowest BCUT2D eigenvalue weighted by atomic mass is 10.2. The molecule has 0 fully saturated rings. The predicted octanol–water partition coefficient (Wildman–Crippen LogP) is 2.18. The molecule has 3 N–H and O–H groups in total. The number of fused-ring (bicyclic) bond motifs is 1. The molecule has 0 radical (unpaired) electrons. The molecule has 90 valence electrons. The van der Waals surface area contributed by atoms with Crippen molar-refractivity contribution in [3.8, 4) is 0 Å². The first-order valence-electron chi connectivity index (χ1n) is 4.35. The maximum Gasteiger partial charge on any atom is 0.416 e. The number of halogens is 4.